The van der Waals surface area contributed by atoms with Gasteiger partial charge in [-0.15, -0.1) is 0 Å². The molecule has 1 N–H and O–H groups in total. The molecule has 4 rings (SSSR count). The Bertz CT molecular complexity index is 938. The smallest absolute Gasteiger partial charge is 0.132 e. The Morgan fingerprint density at radius 3 is 2.48 bits per heavy atom. The number of hydrogen-bond donors (Lipinski definition) is 1. The number of hydrogen-bond acceptors (Lipinski definition) is 2. The zero-order valence-electron chi connectivity index (χ0n) is 13.4. The fourth-order valence-electron chi connectivity index (χ4n) is 3.08. The Labute approximate surface area is 151 Å². The van der Waals surface area contributed by atoms with Gasteiger partial charge in [-0.2, -0.15) is 0 Å². The summed E-state index contributed by atoms with van der Waals surface area (Å²) in [7, 11) is 0. The summed E-state index contributed by atoms with van der Waals surface area (Å²) in [5.41, 5.74) is 3.91. The van der Waals surface area contributed by atoms with E-state index < -0.39 is 0 Å². The van der Waals surface area contributed by atoms with Gasteiger partial charge in [-0.05, 0) is 35.9 Å². The predicted octanol–water partition coefficient (Wildman–Crippen LogP) is 5.48. The number of halogens is 2. The van der Waals surface area contributed by atoms with E-state index in [4.69, 9.17) is 16.6 Å². The molecule has 0 saturated carbocycles. The van der Waals surface area contributed by atoms with E-state index in [-0.39, 0.29) is 11.9 Å². The first-order valence-corrected chi connectivity index (χ1v) is 8.51. The van der Waals surface area contributed by atoms with E-state index in [1.54, 1.807) is 12.1 Å². The first-order valence-electron chi connectivity index (χ1n) is 8.14. The largest absolute Gasteiger partial charge is 0.382 e. The average Bonchev–Trinajstić information content (AvgIpc) is 2.82. The van der Waals surface area contributed by atoms with Gasteiger partial charge in [0.15, 0.2) is 0 Å². The number of anilines is 1. The number of rotatable bonds is 2. The van der Waals surface area contributed by atoms with E-state index in [1.807, 2.05) is 54.6 Å². The first-order chi connectivity index (χ1) is 12.2. The fraction of sp³-hybridized carbons (Fsp3) is 0.0952. The lowest BCUT2D eigenvalue weighted by Crippen LogP contribution is -2.09. The van der Waals surface area contributed by atoms with E-state index >= 15 is 0 Å². The third-order valence-corrected chi connectivity index (χ3v) is 4.56. The molecule has 1 heterocycles. The lowest BCUT2D eigenvalue weighted by Gasteiger charge is -2.13. The molecule has 0 aliphatic carbocycles. The van der Waals surface area contributed by atoms with Gasteiger partial charge in [0.2, 0.25) is 0 Å². The van der Waals surface area contributed by atoms with E-state index in [0.29, 0.717) is 22.8 Å². The topological polar surface area (TPSA) is 24.4 Å². The molecule has 3 aromatic rings. The van der Waals surface area contributed by atoms with Crippen molar-refractivity contribution >= 4 is 23.0 Å². The molecule has 3 aromatic carbocycles. The van der Waals surface area contributed by atoms with Crippen molar-refractivity contribution in [2.75, 3.05) is 11.9 Å². The van der Waals surface area contributed by atoms with E-state index in [0.717, 1.165) is 16.8 Å². The Balaban J connectivity index is 1.91. The van der Waals surface area contributed by atoms with Crippen LogP contribution in [0.3, 0.4) is 0 Å². The second-order valence-electron chi connectivity index (χ2n) is 5.95. The van der Waals surface area contributed by atoms with Gasteiger partial charge in [-0.25, -0.2) is 4.39 Å². The Morgan fingerprint density at radius 2 is 1.68 bits per heavy atom. The molecule has 25 heavy (non-hydrogen) atoms. The molecular formula is C21H16ClFN2. The first kappa shape index (κ1) is 15.9. The van der Waals surface area contributed by atoms with Crippen LogP contribution in [0.2, 0.25) is 5.02 Å². The second kappa shape index (κ2) is 6.69. The lowest BCUT2D eigenvalue weighted by atomic mass is 10.00. The molecule has 1 atom stereocenters. The van der Waals surface area contributed by atoms with Crippen LogP contribution in [0, 0.1) is 5.82 Å². The van der Waals surface area contributed by atoms with Gasteiger partial charge in [-0.1, -0.05) is 54.1 Å². The molecule has 1 aliphatic rings. The third kappa shape index (κ3) is 3.15. The maximum Gasteiger partial charge on any atom is 0.132 e. The molecule has 0 amide bonds. The average molecular weight is 351 g/mol. The highest BCUT2D eigenvalue weighted by Gasteiger charge is 2.22. The van der Waals surface area contributed by atoms with Crippen LogP contribution in [-0.2, 0) is 0 Å². The Morgan fingerprint density at radius 1 is 0.920 bits per heavy atom. The summed E-state index contributed by atoms with van der Waals surface area (Å²) in [4.78, 5) is 4.91. The maximum absolute atomic E-state index is 14.5. The van der Waals surface area contributed by atoms with Crippen LogP contribution in [0.25, 0.3) is 0 Å². The van der Waals surface area contributed by atoms with E-state index in [9.17, 15) is 4.39 Å². The Kier molecular flexibility index (Phi) is 4.24. The minimum atomic E-state index is -0.291. The van der Waals surface area contributed by atoms with Crippen LogP contribution < -0.4 is 5.32 Å². The van der Waals surface area contributed by atoms with Crippen molar-refractivity contribution in [1.29, 1.82) is 0 Å². The van der Waals surface area contributed by atoms with Crippen molar-refractivity contribution in [2.45, 2.75) is 6.04 Å². The molecule has 1 aliphatic heterocycles. The normalized spacial score (nSPS) is 16.4. The number of benzodiazepines with no additional fused rings is 1. The molecule has 0 saturated heterocycles. The summed E-state index contributed by atoms with van der Waals surface area (Å²) in [6, 6.07) is 22.2. The van der Waals surface area contributed by atoms with Crippen LogP contribution in [0.15, 0.2) is 77.8 Å². The summed E-state index contributed by atoms with van der Waals surface area (Å²) in [5.74, 6) is -0.291. The zero-order chi connectivity index (χ0) is 17.2. The summed E-state index contributed by atoms with van der Waals surface area (Å²) in [5, 5.41) is 4.02. The number of nitrogens with zero attached hydrogens (tertiary/aromatic N) is 1. The van der Waals surface area contributed by atoms with Gasteiger partial charge in [0, 0.05) is 28.4 Å². The van der Waals surface area contributed by atoms with Crippen molar-refractivity contribution in [3.63, 3.8) is 0 Å². The van der Waals surface area contributed by atoms with Gasteiger partial charge in [0.1, 0.15) is 5.82 Å². The Hall–Kier alpha value is -2.65. The van der Waals surface area contributed by atoms with Crippen molar-refractivity contribution < 1.29 is 4.39 Å². The van der Waals surface area contributed by atoms with Crippen LogP contribution in [0.1, 0.15) is 22.7 Å². The summed E-state index contributed by atoms with van der Waals surface area (Å²) < 4.78 is 14.5. The molecule has 0 spiro atoms. The van der Waals surface area contributed by atoms with Crippen molar-refractivity contribution in [3.8, 4) is 0 Å². The SMILES string of the molecule is Fc1ccccc1C1=N[C@@H](c2ccccc2)CNc2ccc(Cl)cc21. The maximum atomic E-state index is 14.5. The quantitative estimate of drug-likeness (QED) is 0.650. The highest BCUT2D eigenvalue weighted by atomic mass is 35.5. The standard InChI is InChI=1S/C21H16ClFN2/c22-15-10-11-19-17(12-15)21(16-8-4-5-9-18(16)23)25-20(13-24-19)14-6-2-1-3-7-14/h1-12,20,24H,13H2/t20-/m1/s1. The molecule has 0 unspecified atom stereocenters. The van der Waals surface area contributed by atoms with Gasteiger partial charge in [0.25, 0.3) is 0 Å². The number of fused-ring (bicyclic) bond motifs is 1. The molecule has 124 valence electrons. The fourth-order valence-corrected chi connectivity index (χ4v) is 3.25. The van der Waals surface area contributed by atoms with E-state index in [2.05, 4.69) is 5.32 Å². The van der Waals surface area contributed by atoms with Crippen LogP contribution in [0.5, 0.6) is 0 Å². The van der Waals surface area contributed by atoms with Crippen molar-refractivity contribution in [1.82, 2.24) is 0 Å². The molecule has 4 heteroatoms. The van der Waals surface area contributed by atoms with Gasteiger partial charge in [0.05, 0.1) is 11.8 Å². The highest BCUT2D eigenvalue weighted by molar-refractivity contribution is 6.31. The molecule has 0 bridgehead atoms. The zero-order valence-corrected chi connectivity index (χ0v) is 14.2. The van der Waals surface area contributed by atoms with E-state index in [1.165, 1.54) is 6.07 Å². The predicted molar refractivity (Wildman–Crippen MR) is 101 cm³/mol. The summed E-state index contributed by atoms with van der Waals surface area (Å²) in [6.45, 7) is 0.636. The number of benzene rings is 3. The number of aliphatic imine (C=N–C) groups is 1. The molecular weight excluding hydrogens is 335 g/mol. The number of nitrogens with one attached hydrogen (secondary N) is 1. The minimum Gasteiger partial charge on any atom is -0.382 e. The summed E-state index contributed by atoms with van der Waals surface area (Å²) in [6.07, 6.45) is 0. The van der Waals surface area contributed by atoms with Gasteiger partial charge in [-0.3, -0.25) is 4.99 Å². The third-order valence-electron chi connectivity index (χ3n) is 4.32. The van der Waals surface area contributed by atoms with Crippen molar-refractivity contribution in [3.05, 3.63) is 100 Å². The molecule has 0 radical (unpaired) electrons. The highest BCUT2D eigenvalue weighted by Crippen LogP contribution is 2.31. The molecule has 2 nitrogen and oxygen atoms in total. The van der Waals surface area contributed by atoms with Crippen LogP contribution in [0.4, 0.5) is 10.1 Å². The second-order valence-corrected chi connectivity index (χ2v) is 6.39. The van der Waals surface area contributed by atoms with Gasteiger partial charge < -0.3 is 5.32 Å². The lowest BCUT2D eigenvalue weighted by molar-refractivity contribution is 0.625. The minimum absolute atomic E-state index is 0.109. The monoisotopic (exact) mass is 350 g/mol. The summed E-state index contributed by atoms with van der Waals surface area (Å²) >= 11 is 6.20. The molecule has 0 aromatic heterocycles. The molecule has 0 fully saturated rings. The van der Waals surface area contributed by atoms with Crippen LogP contribution in [-0.4, -0.2) is 12.3 Å². The van der Waals surface area contributed by atoms with Crippen LogP contribution >= 0.6 is 11.6 Å². The van der Waals surface area contributed by atoms with Crippen molar-refractivity contribution in [2.24, 2.45) is 4.99 Å². The van der Waals surface area contributed by atoms with Gasteiger partial charge >= 0.3 is 0 Å².